The van der Waals surface area contributed by atoms with Crippen molar-refractivity contribution in [3.05, 3.63) is 0 Å². The molecule has 0 fully saturated rings. The second-order valence-corrected chi connectivity index (χ2v) is 1.54. The van der Waals surface area contributed by atoms with E-state index in [2.05, 4.69) is 0 Å². The van der Waals surface area contributed by atoms with Crippen LogP contribution in [0.25, 0.3) is 0 Å². The van der Waals surface area contributed by atoms with Crippen LogP contribution in [0.2, 0.25) is 0 Å². The molecule has 0 radical (unpaired) electrons. The Balaban J connectivity index is -0.0000000800. The van der Waals surface area contributed by atoms with Crippen LogP contribution in [-0.4, -0.2) is 93.1 Å². The zero-order chi connectivity index (χ0) is 4.50. The average molecular weight is 261 g/mol. The van der Waals surface area contributed by atoms with Crippen molar-refractivity contribution < 1.29 is 19.2 Å². The van der Waals surface area contributed by atoms with Crippen LogP contribution in [-0.2, 0) is 4.57 Å². The summed E-state index contributed by atoms with van der Waals surface area (Å²) in [7, 11) is -4.64. The molecule has 0 aromatic rings. The number of rotatable bonds is 0. The minimum absolute atomic E-state index is 0. The van der Waals surface area contributed by atoms with Gasteiger partial charge in [0.1, 0.15) is 0 Å². The topological polar surface area (TPSA) is 77.8 Å². The van der Waals surface area contributed by atoms with Gasteiger partial charge in [0.25, 0.3) is 0 Å². The van der Waals surface area contributed by atoms with Gasteiger partial charge in [-0.3, -0.25) is 0 Å². The molecule has 0 bridgehead atoms. The molecule has 0 aromatic heterocycles. The van der Waals surface area contributed by atoms with E-state index in [9.17, 15) is 0 Å². The van der Waals surface area contributed by atoms with E-state index in [1.165, 1.54) is 0 Å². The second kappa shape index (κ2) is 6.80. The zero-order valence-corrected chi connectivity index (χ0v) is 3.09. The summed E-state index contributed by atoms with van der Waals surface area (Å²) in [6, 6.07) is 0. The van der Waals surface area contributed by atoms with Gasteiger partial charge in [0.15, 0.2) is 0 Å². The number of phosphoric acid groups is 1. The van der Waals surface area contributed by atoms with Crippen molar-refractivity contribution in [2.75, 3.05) is 0 Å². The van der Waals surface area contributed by atoms with Crippen molar-refractivity contribution >= 4 is 86.3 Å². The number of hydrogen-bond acceptors (Lipinski definition) is 1. The average Bonchev–Trinajstić information content (AvgIpc) is 0.722. The molecule has 0 spiro atoms. The molecule has 0 amide bonds. The first-order chi connectivity index (χ1) is 2.00. The van der Waals surface area contributed by atoms with Crippen LogP contribution in [0, 0.1) is 0 Å². The Kier molecular flexibility index (Phi) is 15.9. The molecule has 4 nitrogen and oxygen atoms in total. The van der Waals surface area contributed by atoms with Crippen molar-refractivity contribution in [1.82, 2.24) is 0 Å². The molecule has 0 atom stereocenters. The van der Waals surface area contributed by atoms with E-state index in [0.717, 1.165) is 0 Å². The first-order valence-corrected chi connectivity index (χ1v) is 2.35. The van der Waals surface area contributed by atoms with Crippen LogP contribution in [0.15, 0.2) is 0 Å². The number of hydrogen-bond donors (Lipinski definition) is 3. The van der Waals surface area contributed by atoms with Gasteiger partial charge < -0.3 is 14.7 Å². The van der Waals surface area contributed by atoms with Crippen LogP contribution < -0.4 is 0 Å². The van der Waals surface area contributed by atoms with Gasteiger partial charge >= 0.3 is 86.3 Å². The Hall–Kier alpha value is 2.68. The Morgan fingerprint density at radius 2 is 1.14 bits per heavy atom. The molecular formula is H6BaNaO4P. The molecule has 0 saturated heterocycles. The van der Waals surface area contributed by atoms with Gasteiger partial charge in [0, 0.05) is 0 Å². The molecular weight excluding hydrogens is 255 g/mol. The van der Waals surface area contributed by atoms with E-state index in [4.69, 9.17) is 19.2 Å². The molecule has 0 unspecified atom stereocenters. The Bertz CT molecular complexity index is 57.8. The van der Waals surface area contributed by atoms with Crippen molar-refractivity contribution in [2.45, 2.75) is 0 Å². The molecule has 0 aliphatic heterocycles. The Morgan fingerprint density at radius 1 is 1.14 bits per heavy atom. The molecule has 7 heavy (non-hydrogen) atoms. The monoisotopic (exact) mass is 262 g/mol. The fraction of sp³-hybridized carbons (Fsp3) is 0. The van der Waals surface area contributed by atoms with Crippen LogP contribution in [0.5, 0.6) is 0 Å². The molecule has 0 aliphatic rings. The van der Waals surface area contributed by atoms with Gasteiger partial charge in [-0.25, -0.2) is 4.57 Å². The molecule has 0 aliphatic carbocycles. The van der Waals surface area contributed by atoms with E-state index >= 15 is 0 Å². The van der Waals surface area contributed by atoms with Crippen LogP contribution in [0.4, 0.5) is 0 Å². The van der Waals surface area contributed by atoms with Gasteiger partial charge in [-0.1, -0.05) is 0 Å². The molecule has 38 valence electrons. The first-order valence-electron chi connectivity index (χ1n) is 0.783. The van der Waals surface area contributed by atoms with Crippen molar-refractivity contribution in [3.63, 3.8) is 0 Å². The van der Waals surface area contributed by atoms with Gasteiger partial charge in [0.05, 0.1) is 0 Å². The SMILES string of the molecule is O=P(O)(O)O.[BaH2].[NaH]. The summed E-state index contributed by atoms with van der Waals surface area (Å²) in [4.78, 5) is 21.6. The summed E-state index contributed by atoms with van der Waals surface area (Å²) in [5.74, 6) is 0. The Labute approximate surface area is 103 Å². The zero-order valence-electron chi connectivity index (χ0n) is 2.20. The van der Waals surface area contributed by atoms with Gasteiger partial charge in [-0.05, 0) is 0 Å². The standard InChI is InChI=1S/Ba.Na.H3O4P.3H/c;;1-5(2,3)4;;;/h;;(H3,1,2,3,4);;;. The quantitative estimate of drug-likeness (QED) is 0.333. The van der Waals surface area contributed by atoms with Gasteiger partial charge in [-0.2, -0.15) is 0 Å². The summed E-state index contributed by atoms with van der Waals surface area (Å²) < 4.78 is 8.88. The van der Waals surface area contributed by atoms with E-state index in [1.807, 2.05) is 0 Å². The van der Waals surface area contributed by atoms with E-state index in [1.54, 1.807) is 0 Å². The molecule has 0 rings (SSSR count). The van der Waals surface area contributed by atoms with Crippen molar-refractivity contribution in [3.8, 4) is 0 Å². The third-order valence-electron chi connectivity index (χ3n) is 0. The summed E-state index contributed by atoms with van der Waals surface area (Å²) in [6.45, 7) is 0. The van der Waals surface area contributed by atoms with E-state index in [-0.39, 0.29) is 78.4 Å². The molecule has 3 N–H and O–H groups in total. The predicted molar refractivity (Wildman–Crippen MR) is 30.0 cm³/mol. The maximum atomic E-state index is 8.88. The van der Waals surface area contributed by atoms with Crippen LogP contribution >= 0.6 is 7.82 Å². The fourth-order valence-corrected chi connectivity index (χ4v) is 0. The maximum absolute atomic E-state index is 8.88. The molecule has 0 aromatic carbocycles. The van der Waals surface area contributed by atoms with Crippen molar-refractivity contribution in [2.24, 2.45) is 0 Å². The van der Waals surface area contributed by atoms with Gasteiger partial charge in [-0.15, -0.1) is 0 Å². The van der Waals surface area contributed by atoms with Crippen LogP contribution in [0.3, 0.4) is 0 Å². The van der Waals surface area contributed by atoms with E-state index < -0.39 is 7.82 Å². The van der Waals surface area contributed by atoms with E-state index in [0.29, 0.717) is 0 Å². The summed E-state index contributed by atoms with van der Waals surface area (Å²) in [5.41, 5.74) is 0. The molecule has 0 heterocycles. The normalized spacial score (nSPS) is 8.43. The third-order valence-corrected chi connectivity index (χ3v) is 0. The van der Waals surface area contributed by atoms with Crippen molar-refractivity contribution in [1.29, 1.82) is 0 Å². The summed E-state index contributed by atoms with van der Waals surface area (Å²) in [6.07, 6.45) is 0. The first kappa shape index (κ1) is 16.3. The van der Waals surface area contributed by atoms with Crippen LogP contribution in [0.1, 0.15) is 0 Å². The summed E-state index contributed by atoms with van der Waals surface area (Å²) >= 11 is 0. The minimum atomic E-state index is -4.64. The third kappa shape index (κ3) is 53.9. The molecule has 0 saturated carbocycles. The summed E-state index contributed by atoms with van der Waals surface area (Å²) in [5, 5.41) is 0. The second-order valence-electron chi connectivity index (χ2n) is 0.513. The fourth-order valence-electron chi connectivity index (χ4n) is 0. The predicted octanol–water partition coefficient (Wildman–Crippen LogP) is -2.49. The Morgan fingerprint density at radius 3 is 1.14 bits per heavy atom. The molecule has 7 heteroatoms. The van der Waals surface area contributed by atoms with Gasteiger partial charge in [0.2, 0.25) is 0 Å².